The predicted octanol–water partition coefficient (Wildman–Crippen LogP) is 3.83. The molecule has 2 aromatic rings. The van der Waals surface area contributed by atoms with Crippen molar-refractivity contribution in [1.82, 2.24) is 14.7 Å². The summed E-state index contributed by atoms with van der Waals surface area (Å²) in [4.78, 5) is 20.7. The molecular formula is C26H32F2N4O. The maximum atomic E-state index is 14.2. The lowest BCUT2D eigenvalue weighted by Gasteiger charge is -2.39. The zero-order valence-electron chi connectivity index (χ0n) is 19.2. The number of hydrogen-bond acceptors (Lipinski definition) is 4. The number of fused-ring (bicyclic) bond motifs is 3. The molecule has 3 aliphatic heterocycles. The maximum absolute atomic E-state index is 14.2. The Balaban J connectivity index is 1.22. The third-order valence-corrected chi connectivity index (χ3v) is 7.51. The quantitative estimate of drug-likeness (QED) is 0.687. The summed E-state index contributed by atoms with van der Waals surface area (Å²) in [6.45, 7) is 9.18. The number of benzene rings is 2. The summed E-state index contributed by atoms with van der Waals surface area (Å²) < 4.78 is 27.7. The molecule has 7 heteroatoms. The van der Waals surface area contributed by atoms with Gasteiger partial charge in [0, 0.05) is 69.5 Å². The van der Waals surface area contributed by atoms with Crippen molar-refractivity contribution in [3.8, 4) is 0 Å². The fourth-order valence-corrected chi connectivity index (χ4v) is 5.78. The van der Waals surface area contributed by atoms with E-state index in [-0.39, 0.29) is 29.5 Å². The van der Waals surface area contributed by atoms with Crippen LogP contribution in [0.1, 0.15) is 31.2 Å². The number of piperidine rings is 1. The Bertz CT molecular complexity index is 990. The van der Waals surface area contributed by atoms with Crippen LogP contribution in [0.25, 0.3) is 0 Å². The summed E-state index contributed by atoms with van der Waals surface area (Å²) in [5.41, 5.74) is 3.08. The predicted molar refractivity (Wildman–Crippen MR) is 126 cm³/mol. The normalized spacial score (nSPS) is 23.5. The van der Waals surface area contributed by atoms with Crippen molar-refractivity contribution in [2.75, 3.05) is 57.3 Å². The highest BCUT2D eigenvalue weighted by molar-refractivity contribution is 5.73. The molecule has 3 aliphatic rings. The van der Waals surface area contributed by atoms with Crippen LogP contribution in [0.15, 0.2) is 42.5 Å². The lowest BCUT2D eigenvalue weighted by molar-refractivity contribution is -0.130. The number of hydrogen-bond donors (Lipinski definition) is 0. The van der Waals surface area contributed by atoms with E-state index in [2.05, 4.69) is 14.7 Å². The number of nitrogens with zero attached hydrogens (tertiary/aromatic N) is 4. The van der Waals surface area contributed by atoms with Crippen molar-refractivity contribution in [2.24, 2.45) is 0 Å². The highest BCUT2D eigenvalue weighted by Gasteiger charge is 2.42. The van der Waals surface area contributed by atoms with E-state index in [1.54, 1.807) is 13.0 Å². The Labute approximate surface area is 194 Å². The fourth-order valence-electron chi connectivity index (χ4n) is 5.78. The number of halogens is 2. The van der Waals surface area contributed by atoms with Gasteiger partial charge in [0.2, 0.25) is 5.91 Å². The molecule has 0 aromatic heterocycles. The van der Waals surface area contributed by atoms with E-state index in [9.17, 15) is 13.6 Å². The van der Waals surface area contributed by atoms with Gasteiger partial charge in [0.1, 0.15) is 11.6 Å². The number of anilines is 2. The molecule has 2 aromatic carbocycles. The number of rotatable bonds is 5. The van der Waals surface area contributed by atoms with Crippen molar-refractivity contribution in [3.05, 3.63) is 59.7 Å². The van der Waals surface area contributed by atoms with Gasteiger partial charge in [-0.05, 0) is 74.0 Å². The molecule has 0 N–H and O–H groups in total. The van der Waals surface area contributed by atoms with Gasteiger partial charge in [-0.2, -0.15) is 0 Å². The fraction of sp³-hybridized carbons (Fsp3) is 0.500. The second-order valence-electron chi connectivity index (χ2n) is 9.51. The Morgan fingerprint density at radius 3 is 2.33 bits per heavy atom. The molecule has 3 heterocycles. The van der Waals surface area contributed by atoms with Crippen molar-refractivity contribution in [3.63, 3.8) is 0 Å². The molecule has 176 valence electrons. The van der Waals surface area contributed by atoms with Gasteiger partial charge in [-0.15, -0.1) is 0 Å². The highest BCUT2D eigenvalue weighted by atomic mass is 19.1. The average molecular weight is 455 g/mol. The van der Waals surface area contributed by atoms with Crippen LogP contribution in [0, 0.1) is 11.6 Å². The minimum atomic E-state index is -0.244. The molecule has 2 saturated heterocycles. The van der Waals surface area contributed by atoms with Crippen molar-refractivity contribution < 1.29 is 13.6 Å². The first-order chi connectivity index (χ1) is 16.0. The average Bonchev–Trinajstić information content (AvgIpc) is 3.13. The first-order valence-electron chi connectivity index (χ1n) is 12.0. The molecule has 0 spiro atoms. The van der Waals surface area contributed by atoms with Gasteiger partial charge in [-0.25, -0.2) is 8.78 Å². The first kappa shape index (κ1) is 22.3. The van der Waals surface area contributed by atoms with Crippen LogP contribution < -0.4 is 4.90 Å². The van der Waals surface area contributed by atoms with Crippen molar-refractivity contribution in [2.45, 2.75) is 31.7 Å². The monoisotopic (exact) mass is 454 g/mol. The minimum Gasteiger partial charge on any atom is -0.340 e. The molecule has 0 radical (unpaired) electrons. The number of amides is 1. The third-order valence-electron chi connectivity index (χ3n) is 7.51. The van der Waals surface area contributed by atoms with Crippen LogP contribution >= 0.6 is 0 Å². The van der Waals surface area contributed by atoms with Crippen LogP contribution in [-0.2, 0) is 4.79 Å². The number of likely N-dealkylation sites (tertiary alicyclic amines) is 1. The molecular weight excluding hydrogens is 422 g/mol. The number of piperazine rings is 1. The SMILES string of the molecule is CC(=O)N1CCN(CCCN2CC[C@@H]3[C@@H](C2)c2cc(F)ccc2N3c2ccc(F)cc2)CC1. The van der Waals surface area contributed by atoms with Crippen LogP contribution in [0.3, 0.4) is 0 Å². The maximum Gasteiger partial charge on any atom is 0.219 e. The molecule has 2 atom stereocenters. The highest BCUT2D eigenvalue weighted by Crippen LogP contribution is 2.48. The Morgan fingerprint density at radius 2 is 1.61 bits per heavy atom. The summed E-state index contributed by atoms with van der Waals surface area (Å²) >= 11 is 0. The standard InChI is InChI=1S/C26H32F2N4O/c1-19(33)31-15-13-29(14-16-31)10-2-11-30-12-9-26-24(18-30)23-17-21(28)5-8-25(23)32(26)22-6-3-20(27)4-7-22/h3-8,17,24,26H,2,9-16,18H2,1H3/t24-,26+/m0/s1. The smallest absolute Gasteiger partial charge is 0.219 e. The van der Waals surface area contributed by atoms with Crippen LogP contribution in [-0.4, -0.2) is 79.0 Å². The molecule has 2 fully saturated rings. The van der Waals surface area contributed by atoms with E-state index >= 15 is 0 Å². The molecule has 5 rings (SSSR count). The topological polar surface area (TPSA) is 30.0 Å². The Kier molecular flexibility index (Phi) is 6.34. The molecule has 5 nitrogen and oxygen atoms in total. The lowest BCUT2D eigenvalue weighted by atomic mass is 9.89. The second-order valence-corrected chi connectivity index (χ2v) is 9.51. The zero-order valence-corrected chi connectivity index (χ0v) is 19.2. The number of carbonyl (C=O) groups is 1. The van der Waals surface area contributed by atoms with Gasteiger partial charge in [-0.1, -0.05) is 0 Å². The summed E-state index contributed by atoms with van der Waals surface area (Å²) in [5.74, 6) is -0.0317. The summed E-state index contributed by atoms with van der Waals surface area (Å²) in [6, 6.07) is 12.0. The van der Waals surface area contributed by atoms with Gasteiger partial charge in [0.15, 0.2) is 0 Å². The Hall–Kier alpha value is -2.51. The summed E-state index contributed by atoms with van der Waals surface area (Å²) in [7, 11) is 0. The zero-order chi connectivity index (χ0) is 22.9. The largest absolute Gasteiger partial charge is 0.340 e. The van der Waals surface area contributed by atoms with Crippen LogP contribution in [0.5, 0.6) is 0 Å². The molecule has 0 unspecified atom stereocenters. The molecule has 33 heavy (non-hydrogen) atoms. The Morgan fingerprint density at radius 1 is 0.909 bits per heavy atom. The summed E-state index contributed by atoms with van der Waals surface area (Å²) in [6.07, 6.45) is 2.09. The second kappa shape index (κ2) is 9.39. The van der Waals surface area contributed by atoms with Crippen molar-refractivity contribution in [1.29, 1.82) is 0 Å². The third kappa shape index (κ3) is 4.62. The van der Waals surface area contributed by atoms with E-state index in [0.29, 0.717) is 0 Å². The van der Waals surface area contributed by atoms with E-state index in [1.165, 1.54) is 18.2 Å². The van der Waals surface area contributed by atoms with Crippen LogP contribution in [0.4, 0.5) is 20.2 Å². The van der Waals surface area contributed by atoms with Gasteiger partial charge >= 0.3 is 0 Å². The number of carbonyl (C=O) groups excluding carboxylic acids is 1. The van der Waals surface area contributed by atoms with E-state index in [1.807, 2.05) is 23.1 Å². The van der Waals surface area contributed by atoms with E-state index in [0.717, 1.165) is 82.1 Å². The van der Waals surface area contributed by atoms with Gasteiger partial charge in [0.25, 0.3) is 0 Å². The van der Waals surface area contributed by atoms with Gasteiger partial charge < -0.3 is 14.7 Å². The van der Waals surface area contributed by atoms with Crippen LogP contribution in [0.2, 0.25) is 0 Å². The lowest BCUT2D eigenvalue weighted by Crippen LogP contribution is -2.49. The van der Waals surface area contributed by atoms with Crippen molar-refractivity contribution >= 4 is 17.3 Å². The molecule has 0 saturated carbocycles. The van der Waals surface area contributed by atoms with E-state index < -0.39 is 0 Å². The molecule has 0 bridgehead atoms. The summed E-state index contributed by atoms with van der Waals surface area (Å²) in [5, 5.41) is 0. The van der Waals surface area contributed by atoms with E-state index in [4.69, 9.17) is 0 Å². The first-order valence-corrected chi connectivity index (χ1v) is 12.0. The minimum absolute atomic E-state index is 0.167. The molecule has 0 aliphatic carbocycles. The van der Waals surface area contributed by atoms with Gasteiger partial charge in [-0.3, -0.25) is 9.69 Å². The van der Waals surface area contributed by atoms with Gasteiger partial charge in [0.05, 0.1) is 0 Å². The molecule has 1 amide bonds.